The van der Waals surface area contributed by atoms with Gasteiger partial charge in [-0.05, 0) is 62.4 Å². The number of pyridine rings is 1. The summed E-state index contributed by atoms with van der Waals surface area (Å²) in [7, 11) is 0. The molecule has 1 aromatic heterocycles. The highest BCUT2D eigenvalue weighted by Gasteiger charge is 2.46. The van der Waals surface area contributed by atoms with Crippen molar-refractivity contribution in [3.05, 3.63) is 64.2 Å². The maximum absolute atomic E-state index is 6.72. The third-order valence-electron chi connectivity index (χ3n) is 6.59. The average molecular weight is 469 g/mol. The highest BCUT2D eigenvalue weighted by Crippen LogP contribution is 2.51. The Kier molecular flexibility index (Phi) is 6.60. The number of benzene rings is 1. The van der Waals surface area contributed by atoms with Crippen molar-refractivity contribution in [1.82, 2.24) is 9.88 Å². The van der Waals surface area contributed by atoms with Gasteiger partial charge in [0.25, 0.3) is 0 Å². The minimum atomic E-state index is 0.0975. The Labute approximate surface area is 198 Å². The number of hydrogen-bond donors (Lipinski definition) is 2. The van der Waals surface area contributed by atoms with Gasteiger partial charge < -0.3 is 16.4 Å². The van der Waals surface area contributed by atoms with Gasteiger partial charge in [0, 0.05) is 30.2 Å². The molecule has 0 saturated carbocycles. The van der Waals surface area contributed by atoms with Gasteiger partial charge in [0.1, 0.15) is 11.6 Å². The molecule has 8 heteroatoms. The van der Waals surface area contributed by atoms with Gasteiger partial charge in [0.15, 0.2) is 0 Å². The zero-order valence-electron chi connectivity index (χ0n) is 18.5. The third-order valence-corrected chi connectivity index (χ3v) is 8.04. The van der Waals surface area contributed by atoms with E-state index in [0.29, 0.717) is 10.8 Å². The molecule has 2 heterocycles. The number of aliphatic imine (C=N–C) groups is 2. The number of halogens is 1. The van der Waals surface area contributed by atoms with Crippen molar-refractivity contribution in [3.8, 4) is 0 Å². The summed E-state index contributed by atoms with van der Waals surface area (Å²) in [5.41, 5.74) is 16.2. The van der Waals surface area contributed by atoms with E-state index < -0.39 is 0 Å². The van der Waals surface area contributed by atoms with Crippen molar-refractivity contribution in [2.75, 3.05) is 18.8 Å². The van der Waals surface area contributed by atoms with Crippen LogP contribution in [0.25, 0.3) is 0 Å². The predicted octanol–water partition coefficient (Wildman–Crippen LogP) is 5.06. The molecule has 1 saturated heterocycles. The number of hydrogen-bond acceptors (Lipinski definition) is 7. The molecule has 1 aromatic carbocycles. The van der Waals surface area contributed by atoms with Gasteiger partial charge in [-0.25, -0.2) is 15.0 Å². The second-order valence-corrected chi connectivity index (χ2v) is 10.1. The lowest BCUT2D eigenvalue weighted by Crippen LogP contribution is -2.43. The Bertz CT molecular complexity index is 1090. The standard InChI is InChI=1S/C24H29ClN6S/c1-15(30-16(2)32-19-8-11-29-22(27)20(19)25)23(28-3)31-12-9-24(10-13-31)14-17-6-4-5-7-18(17)21(24)26/h4-8,11,21H,3,9-10,12-14,26H2,1-2H3,(H2,27,29)/b23-15+,30-16+/t21-/m1/s1. The zero-order valence-corrected chi connectivity index (χ0v) is 20.1. The Morgan fingerprint density at radius 1 is 1.25 bits per heavy atom. The van der Waals surface area contributed by atoms with Crippen LogP contribution in [0.1, 0.15) is 43.9 Å². The molecule has 0 amide bonds. The highest BCUT2D eigenvalue weighted by atomic mass is 35.5. The molecule has 2 aromatic rings. The summed E-state index contributed by atoms with van der Waals surface area (Å²) in [5.74, 6) is 1.14. The van der Waals surface area contributed by atoms with Crippen molar-refractivity contribution in [1.29, 1.82) is 0 Å². The van der Waals surface area contributed by atoms with Crippen molar-refractivity contribution in [2.24, 2.45) is 21.1 Å². The van der Waals surface area contributed by atoms with E-state index in [0.717, 1.165) is 53.8 Å². The van der Waals surface area contributed by atoms with Gasteiger partial charge >= 0.3 is 0 Å². The number of rotatable bonds is 4. The van der Waals surface area contributed by atoms with E-state index in [2.05, 4.69) is 45.9 Å². The van der Waals surface area contributed by atoms with Crippen LogP contribution < -0.4 is 11.5 Å². The van der Waals surface area contributed by atoms with Crippen LogP contribution in [0.5, 0.6) is 0 Å². The molecule has 1 aliphatic carbocycles. The molecular weight excluding hydrogens is 440 g/mol. The van der Waals surface area contributed by atoms with E-state index in [9.17, 15) is 0 Å². The zero-order chi connectivity index (χ0) is 22.9. The van der Waals surface area contributed by atoms with E-state index in [1.807, 2.05) is 19.9 Å². The number of allylic oxidation sites excluding steroid dienone is 1. The summed E-state index contributed by atoms with van der Waals surface area (Å²) in [6, 6.07) is 10.5. The van der Waals surface area contributed by atoms with Crippen molar-refractivity contribution < 1.29 is 0 Å². The van der Waals surface area contributed by atoms with Crippen LogP contribution in [0.4, 0.5) is 5.82 Å². The van der Waals surface area contributed by atoms with Crippen LogP contribution in [0.3, 0.4) is 0 Å². The molecule has 1 aliphatic heterocycles. The highest BCUT2D eigenvalue weighted by molar-refractivity contribution is 8.14. The number of nitrogens with zero attached hydrogens (tertiary/aromatic N) is 4. The molecule has 6 nitrogen and oxygen atoms in total. The maximum Gasteiger partial charge on any atom is 0.149 e. The van der Waals surface area contributed by atoms with Crippen LogP contribution in [-0.4, -0.2) is 34.7 Å². The Morgan fingerprint density at radius 3 is 2.66 bits per heavy atom. The third kappa shape index (κ3) is 4.29. The van der Waals surface area contributed by atoms with Gasteiger partial charge in [-0.2, -0.15) is 0 Å². The quantitative estimate of drug-likeness (QED) is 0.372. The number of piperidine rings is 1. The predicted molar refractivity (Wildman–Crippen MR) is 135 cm³/mol. The van der Waals surface area contributed by atoms with E-state index in [1.54, 1.807) is 6.20 Å². The van der Waals surface area contributed by atoms with Gasteiger partial charge in [-0.1, -0.05) is 47.6 Å². The van der Waals surface area contributed by atoms with E-state index >= 15 is 0 Å². The van der Waals surface area contributed by atoms with Crippen LogP contribution >= 0.6 is 23.4 Å². The number of nitrogens with two attached hydrogens (primary N) is 2. The number of fused-ring (bicyclic) bond motifs is 1. The van der Waals surface area contributed by atoms with Crippen molar-refractivity contribution in [3.63, 3.8) is 0 Å². The summed E-state index contributed by atoms with van der Waals surface area (Å²) in [6.07, 6.45) is 4.75. The van der Waals surface area contributed by atoms with Crippen LogP contribution in [0, 0.1) is 5.41 Å². The van der Waals surface area contributed by atoms with Crippen molar-refractivity contribution >= 4 is 40.9 Å². The topological polar surface area (TPSA) is 92.9 Å². The first-order valence-corrected chi connectivity index (χ1v) is 11.9. The Morgan fingerprint density at radius 2 is 1.97 bits per heavy atom. The Balaban J connectivity index is 1.47. The largest absolute Gasteiger partial charge is 0.382 e. The lowest BCUT2D eigenvalue weighted by Gasteiger charge is -2.43. The fourth-order valence-electron chi connectivity index (χ4n) is 4.90. The van der Waals surface area contributed by atoms with Crippen LogP contribution in [-0.2, 0) is 6.42 Å². The lowest BCUT2D eigenvalue weighted by atomic mass is 9.73. The number of thioether (sulfide) groups is 1. The van der Waals surface area contributed by atoms with Gasteiger partial charge in [0.2, 0.25) is 0 Å². The first kappa shape index (κ1) is 22.8. The molecule has 2 aliphatic rings. The molecule has 4 N–H and O–H groups in total. The number of aromatic nitrogens is 1. The minimum Gasteiger partial charge on any atom is -0.382 e. The monoisotopic (exact) mass is 468 g/mol. The molecule has 1 fully saturated rings. The SMILES string of the molecule is C=N/C(=C(C)\N=C(/C)Sc1ccnc(N)c1Cl)N1CCC2(CC1)Cc1ccccc1[C@H]2N. The second kappa shape index (κ2) is 9.25. The van der Waals surface area contributed by atoms with Crippen LogP contribution in [0.15, 0.2) is 62.9 Å². The first-order valence-electron chi connectivity index (χ1n) is 10.7. The maximum atomic E-state index is 6.72. The molecule has 1 spiro atoms. The van der Waals surface area contributed by atoms with Crippen LogP contribution in [0.2, 0.25) is 5.02 Å². The molecule has 0 unspecified atom stereocenters. The van der Waals surface area contributed by atoms with Gasteiger partial charge in [-0.15, -0.1) is 0 Å². The average Bonchev–Trinajstić information content (AvgIpc) is 3.05. The summed E-state index contributed by atoms with van der Waals surface area (Å²) in [6.45, 7) is 9.51. The smallest absolute Gasteiger partial charge is 0.149 e. The molecule has 32 heavy (non-hydrogen) atoms. The van der Waals surface area contributed by atoms with Gasteiger partial charge in [0.05, 0.1) is 15.8 Å². The first-order chi connectivity index (χ1) is 15.3. The molecule has 1 atom stereocenters. The Hall–Kier alpha value is -2.35. The number of likely N-dealkylation sites (tertiary alicyclic amines) is 1. The summed E-state index contributed by atoms with van der Waals surface area (Å²) in [4.78, 5) is 16.2. The molecule has 168 valence electrons. The summed E-state index contributed by atoms with van der Waals surface area (Å²) < 4.78 is 0. The van der Waals surface area contributed by atoms with Gasteiger partial charge in [-0.3, -0.25) is 0 Å². The molecule has 4 rings (SSSR count). The normalized spacial score (nSPS) is 20.8. The molecular formula is C24H29ClN6S. The fraction of sp³-hybridized carbons (Fsp3) is 0.375. The minimum absolute atomic E-state index is 0.0975. The lowest BCUT2D eigenvalue weighted by molar-refractivity contribution is 0.108. The number of nitrogen functional groups attached to an aromatic ring is 1. The molecule has 0 bridgehead atoms. The van der Waals surface area contributed by atoms with E-state index in [1.165, 1.54) is 22.9 Å². The van der Waals surface area contributed by atoms with E-state index in [4.69, 9.17) is 28.1 Å². The van der Waals surface area contributed by atoms with Crippen molar-refractivity contribution in [2.45, 2.75) is 44.0 Å². The summed E-state index contributed by atoms with van der Waals surface area (Å²) in [5, 5.41) is 1.30. The summed E-state index contributed by atoms with van der Waals surface area (Å²) >= 11 is 7.73. The van der Waals surface area contributed by atoms with E-state index in [-0.39, 0.29) is 11.5 Å². The number of anilines is 1. The fourth-order valence-corrected chi connectivity index (χ4v) is 5.95. The molecule has 0 radical (unpaired) electrons. The second-order valence-electron chi connectivity index (χ2n) is 8.51.